The summed E-state index contributed by atoms with van der Waals surface area (Å²) in [5.41, 5.74) is 2.45. The minimum absolute atomic E-state index is 0.366. The summed E-state index contributed by atoms with van der Waals surface area (Å²) in [7, 11) is 0. The number of urea groups is 1. The van der Waals surface area contributed by atoms with Gasteiger partial charge in [-0.2, -0.15) is 5.10 Å². The zero-order chi connectivity index (χ0) is 19.0. The van der Waals surface area contributed by atoms with Crippen molar-refractivity contribution in [2.75, 3.05) is 0 Å². The van der Waals surface area contributed by atoms with Crippen molar-refractivity contribution in [3.8, 4) is 0 Å². The first-order chi connectivity index (χ1) is 13.1. The van der Waals surface area contributed by atoms with E-state index >= 15 is 0 Å². The first-order valence-corrected chi connectivity index (χ1v) is 8.90. The van der Waals surface area contributed by atoms with Gasteiger partial charge in [0.25, 0.3) is 5.91 Å². The van der Waals surface area contributed by atoms with Crippen LogP contribution in [0, 0.1) is 6.92 Å². The molecule has 2 aromatic carbocycles. The molecule has 0 spiro atoms. The van der Waals surface area contributed by atoms with Gasteiger partial charge in [-0.15, -0.1) is 5.01 Å². The molecule has 3 aromatic rings. The van der Waals surface area contributed by atoms with Gasteiger partial charge in [0, 0.05) is 22.2 Å². The van der Waals surface area contributed by atoms with Gasteiger partial charge in [0.15, 0.2) is 0 Å². The molecule has 2 N–H and O–H groups in total. The second kappa shape index (κ2) is 6.39. The van der Waals surface area contributed by atoms with Crippen molar-refractivity contribution < 1.29 is 9.59 Å². The SMILES string of the molecule is CC[C@]1(c2ccccc2)NC(=O)N(/N=C/c2c(C)[nH]c3ccccc23)C1=O. The Hall–Kier alpha value is -3.41. The van der Waals surface area contributed by atoms with Gasteiger partial charge in [-0.05, 0) is 25.0 Å². The third-order valence-corrected chi connectivity index (χ3v) is 5.11. The van der Waals surface area contributed by atoms with Crippen LogP contribution < -0.4 is 5.32 Å². The Bertz CT molecular complexity index is 1050. The molecule has 1 aromatic heterocycles. The summed E-state index contributed by atoms with van der Waals surface area (Å²) in [5, 5.41) is 8.99. The van der Waals surface area contributed by atoms with E-state index in [0.29, 0.717) is 6.42 Å². The quantitative estimate of drug-likeness (QED) is 0.550. The monoisotopic (exact) mass is 360 g/mol. The molecule has 27 heavy (non-hydrogen) atoms. The third-order valence-electron chi connectivity index (χ3n) is 5.11. The summed E-state index contributed by atoms with van der Waals surface area (Å²) >= 11 is 0. The molecule has 0 bridgehead atoms. The second-order valence-corrected chi connectivity index (χ2v) is 6.63. The molecule has 0 aliphatic carbocycles. The average molecular weight is 360 g/mol. The second-order valence-electron chi connectivity index (χ2n) is 6.63. The van der Waals surface area contributed by atoms with Crippen LogP contribution in [0.4, 0.5) is 4.79 Å². The Balaban J connectivity index is 1.70. The van der Waals surface area contributed by atoms with Crippen molar-refractivity contribution in [2.24, 2.45) is 5.10 Å². The summed E-state index contributed by atoms with van der Waals surface area (Å²) in [6, 6.07) is 16.6. The molecule has 1 atom stereocenters. The van der Waals surface area contributed by atoms with Gasteiger partial charge in [0.1, 0.15) is 5.54 Å². The van der Waals surface area contributed by atoms with Gasteiger partial charge in [-0.25, -0.2) is 4.79 Å². The van der Waals surface area contributed by atoms with Crippen molar-refractivity contribution in [3.63, 3.8) is 0 Å². The Morgan fingerprint density at radius 1 is 1.07 bits per heavy atom. The number of benzene rings is 2. The van der Waals surface area contributed by atoms with E-state index in [1.165, 1.54) is 0 Å². The molecule has 136 valence electrons. The van der Waals surface area contributed by atoms with Crippen LogP contribution in [0.2, 0.25) is 0 Å². The van der Waals surface area contributed by atoms with Gasteiger partial charge >= 0.3 is 6.03 Å². The molecule has 3 amide bonds. The Labute approximate surface area is 156 Å². The number of nitrogens with one attached hydrogen (secondary N) is 2. The lowest BCUT2D eigenvalue weighted by Gasteiger charge is -2.24. The number of rotatable bonds is 4. The number of hydrogen-bond acceptors (Lipinski definition) is 3. The number of aryl methyl sites for hydroxylation is 1. The number of carbonyl (C=O) groups is 2. The Morgan fingerprint density at radius 3 is 2.52 bits per heavy atom. The number of aromatic amines is 1. The molecule has 6 heteroatoms. The molecule has 0 saturated carbocycles. The predicted molar refractivity (Wildman–Crippen MR) is 104 cm³/mol. The summed E-state index contributed by atoms with van der Waals surface area (Å²) < 4.78 is 0. The highest BCUT2D eigenvalue weighted by Crippen LogP contribution is 2.32. The standard InChI is InChI=1S/C21H20N4O2/c1-3-21(15-9-5-4-6-10-15)19(26)25(20(27)24-21)22-13-17-14(2)23-18-12-8-7-11-16(17)18/h4-13,23H,3H2,1-2H3,(H,24,27)/b22-13+/t21-/m1/s1. The van der Waals surface area contributed by atoms with Gasteiger partial charge in [-0.3, -0.25) is 4.79 Å². The van der Waals surface area contributed by atoms with Crippen LogP contribution in [0.3, 0.4) is 0 Å². The number of carbonyl (C=O) groups excluding carboxylic acids is 2. The van der Waals surface area contributed by atoms with Gasteiger partial charge < -0.3 is 10.3 Å². The Kier molecular flexibility index (Phi) is 4.03. The van der Waals surface area contributed by atoms with Gasteiger partial charge in [0.2, 0.25) is 0 Å². The van der Waals surface area contributed by atoms with Crippen molar-refractivity contribution in [3.05, 3.63) is 71.4 Å². The van der Waals surface area contributed by atoms with E-state index in [1.807, 2.05) is 68.4 Å². The number of nitrogens with zero attached hydrogens (tertiary/aromatic N) is 2. The van der Waals surface area contributed by atoms with Crippen molar-refractivity contribution in [1.29, 1.82) is 0 Å². The lowest BCUT2D eigenvalue weighted by Crippen LogP contribution is -2.43. The van der Waals surface area contributed by atoms with Crippen LogP contribution in [-0.2, 0) is 10.3 Å². The van der Waals surface area contributed by atoms with Gasteiger partial charge in [0.05, 0.1) is 6.21 Å². The molecule has 0 unspecified atom stereocenters. The molecule has 0 radical (unpaired) electrons. The van der Waals surface area contributed by atoms with Crippen LogP contribution in [0.1, 0.15) is 30.2 Å². The van der Waals surface area contributed by atoms with Crippen LogP contribution in [0.15, 0.2) is 59.7 Å². The maximum Gasteiger partial charge on any atom is 0.346 e. The number of hydrogen-bond donors (Lipinski definition) is 2. The summed E-state index contributed by atoms with van der Waals surface area (Å²) in [6.07, 6.45) is 2.02. The number of imide groups is 1. The number of H-pyrrole nitrogens is 1. The fraction of sp³-hybridized carbons (Fsp3) is 0.190. The molecule has 2 heterocycles. The minimum Gasteiger partial charge on any atom is -0.358 e. The highest BCUT2D eigenvalue weighted by atomic mass is 16.2. The average Bonchev–Trinajstić information content (AvgIpc) is 3.14. The van der Waals surface area contributed by atoms with Crippen molar-refractivity contribution in [2.45, 2.75) is 25.8 Å². The largest absolute Gasteiger partial charge is 0.358 e. The van der Waals surface area contributed by atoms with Crippen LogP contribution in [-0.4, -0.2) is 28.1 Å². The summed E-state index contributed by atoms with van der Waals surface area (Å²) in [6.45, 7) is 3.82. The summed E-state index contributed by atoms with van der Waals surface area (Å²) in [4.78, 5) is 28.9. The number of aromatic nitrogens is 1. The normalized spacial score (nSPS) is 20.0. The summed E-state index contributed by atoms with van der Waals surface area (Å²) in [5.74, 6) is -0.366. The fourth-order valence-corrected chi connectivity index (χ4v) is 3.61. The van der Waals surface area contributed by atoms with E-state index in [1.54, 1.807) is 6.21 Å². The molecule has 1 aliphatic rings. The van der Waals surface area contributed by atoms with E-state index in [2.05, 4.69) is 15.4 Å². The van der Waals surface area contributed by atoms with E-state index in [9.17, 15) is 9.59 Å². The predicted octanol–water partition coefficient (Wildman–Crippen LogP) is 3.67. The third kappa shape index (κ3) is 2.61. The fourth-order valence-electron chi connectivity index (χ4n) is 3.61. The maximum absolute atomic E-state index is 13.1. The molecular formula is C21H20N4O2. The highest BCUT2D eigenvalue weighted by molar-refractivity contribution is 6.08. The molecule has 4 rings (SSSR count). The lowest BCUT2D eigenvalue weighted by molar-refractivity contribution is -0.131. The molecular weight excluding hydrogens is 340 g/mol. The number of hydrazone groups is 1. The van der Waals surface area contributed by atoms with Crippen LogP contribution in [0.25, 0.3) is 10.9 Å². The lowest BCUT2D eigenvalue weighted by atomic mass is 9.87. The zero-order valence-corrected chi connectivity index (χ0v) is 15.2. The Morgan fingerprint density at radius 2 is 1.78 bits per heavy atom. The minimum atomic E-state index is -1.08. The van der Waals surface area contributed by atoms with Crippen LogP contribution in [0.5, 0.6) is 0 Å². The first kappa shape index (κ1) is 17.0. The number of para-hydroxylation sites is 1. The van der Waals surface area contributed by atoms with Gasteiger partial charge in [-0.1, -0.05) is 55.5 Å². The van der Waals surface area contributed by atoms with E-state index in [0.717, 1.165) is 32.7 Å². The number of amides is 3. The van der Waals surface area contributed by atoms with E-state index in [4.69, 9.17) is 0 Å². The smallest absolute Gasteiger partial charge is 0.346 e. The van der Waals surface area contributed by atoms with E-state index in [-0.39, 0.29) is 5.91 Å². The molecule has 1 fully saturated rings. The number of fused-ring (bicyclic) bond motifs is 1. The molecule has 1 aliphatic heterocycles. The topological polar surface area (TPSA) is 77.6 Å². The molecule has 1 saturated heterocycles. The highest BCUT2D eigenvalue weighted by Gasteiger charge is 2.51. The van der Waals surface area contributed by atoms with Crippen LogP contribution >= 0.6 is 0 Å². The van der Waals surface area contributed by atoms with Crippen molar-refractivity contribution >= 4 is 29.1 Å². The first-order valence-electron chi connectivity index (χ1n) is 8.90. The van der Waals surface area contributed by atoms with Crippen molar-refractivity contribution in [1.82, 2.24) is 15.3 Å². The zero-order valence-electron chi connectivity index (χ0n) is 15.2. The van der Waals surface area contributed by atoms with E-state index < -0.39 is 11.6 Å². The maximum atomic E-state index is 13.1. The molecule has 6 nitrogen and oxygen atoms in total.